The summed E-state index contributed by atoms with van der Waals surface area (Å²) in [5.74, 6) is 0.892. The summed E-state index contributed by atoms with van der Waals surface area (Å²) < 4.78 is 6.52. The Morgan fingerprint density at radius 1 is 1.28 bits per heavy atom. The summed E-state index contributed by atoms with van der Waals surface area (Å²) in [7, 11) is 0. The zero-order valence-corrected chi connectivity index (χ0v) is 14.2. The Morgan fingerprint density at radius 2 is 2.06 bits per heavy atom. The van der Waals surface area contributed by atoms with E-state index in [0.29, 0.717) is 6.61 Å². The zero-order valence-electron chi connectivity index (χ0n) is 10.2. The van der Waals surface area contributed by atoms with Crippen LogP contribution in [0.5, 0.6) is 5.75 Å². The van der Waals surface area contributed by atoms with Gasteiger partial charge in [0.05, 0.1) is 15.9 Å². The molecule has 2 aromatic rings. The lowest BCUT2D eigenvalue weighted by Gasteiger charge is -2.11. The lowest BCUT2D eigenvalue weighted by molar-refractivity contribution is 0.338. The highest BCUT2D eigenvalue weighted by atomic mass is 79.9. The molecule has 0 radical (unpaired) electrons. The molecule has 1 atom stereocenters. The molecular formula is C14H14Br2OS. The minimum atomic E-state index is 0.239. The van der Waals surface area contributed by atoms with E-state index in [1.54, 1.807) is 0 Å². The summed E-state index contributed by atoms with van der Waals surface area (Å²) in [5.41, 5.74) is 1.23. The van der Waals surface area contributed by atoms with Crippen molar-refractivity contribution in [3.8, 4) is 5.75 Å². The Bertz CT molecular complexity index is 536. The van der Waals surface area contributed by atoms with Gasteiger partial charge in [-0.25, -0.2) is 0 Å². The largest absolute Gasteiger partial charge is 0.493 e. The van der Waals surface area contributed by atoms with Crippen LogP contribution in [0.15, 0.2) is 34.8 Å². The van der Waals surface area contributed by atoms with E-state index in [0.717, 1.165) is 10.2 Å². The van der Waals surface area contributed by atoms with Gasteiger partial charge in [-0.05, 0) is 59.6 Å². The second-order valence-electron chi connectivity index (χ2n) is 3.93. The number of hydrogen-bond donors (Lipinski definition) is 0. The molecule has 1 heterocycles. The van der Waals surface area contributed by atoms with Crippen molar-refractivity contribution in [2.24, 2.45) is 0 Å². The highest BCUT2D eigenvalue weighted by Gasteiger charge is 2.14. The van der Waals surface area contributed by atoms with Crippen LogP contribution in [0.4, 0.5) is 0 Å². The summed E-state index contributed by atoms with van der Waals surface area (Å²) in [6, 6.07) is 10.5. The van der Waals surface area contributed by atoms with Gasteiger partial charge in [0, 0.05) is 9.75 Å². The van der Waals surface area contributed by atoms with E-state index in [-0.39, 0.29) is 4.83 Å². The van der Waals surface area contributed by atoms with Crippen LogP contribution in [-0.2, 0) is 0 Å². The Morgan fingerprint density at radius 3 is 2.61 bits per heavy atom. The third-order valence-electron chi connectivity index (χ3n) is 2.56. The van der Waals surface area contributed by atoms with Crippen molar-refractivity contribution in [3.63, 3.8) is 0 Å². The number of ether oxygens (including phenoxy) is 1. The molecule has 0 fully saturated rings. The van der Waals surface area contributed by atoms with Crippen LogP contribution in [0, 0.1) is 6.92 Å². The molecule has 4 heteroatoms. The van der Waals surface area contributed by atoms with Crippen molar-refractivity contribution in [2.75, 3.05) is 6.61 Å². The number of hydrogen-bond acceptors (Lipinski definition) is 2. The predicted molar refractivity (Wildman–Crippen MR) is 85.1 cm³/mol. The molecule has 1 nitrogen and oxygen atoms in total. The van der Waals surface area contributed by atoms with Crippen molar-refractivity contribution in [1.29, 1.82) is 0 Å². The lowest BCUT2D eigenvalue weighted by atomic mass is 10.1. The fourth-order valence-corrected chi connectivity index (χ4v) is 3.81. The van der Waals surface area contributed by atoms with Crippen molar-refractivity contribution in [1.82, 2.24) is 0 Å². The van der Waals surface area contributed by atoms with Crippen molar-refractivity contribution in [2.45, 2.75) is 18.7 Å². The lowest BCUT2D eigenvalue weighted by Crippen LogP contribution is -1.95. The molecule has 0 aliphatic heterocycles. The third kappa shape index (κ3) is 3.16. The SMILES string of the molecule is CCOc1ccc(C(Br)c2ccc(C)s2)cc1Br. The van der Waals surface area contributed by atoms with E-state index in [9.17, 15) is 0 Å². The minimum Gasteiger partial charge on any atom is -0.493 e. The standard InChI is InChI=1S/C14H14Br2OS/c1-3-17-12-6-5-10(8-11(12)15)14(16)13-7-4-9(2)18-13/h4-8,14H,3H2,1-2H3. The van der Waals surface area contributed by atoms with E-state index < -0.39 is 0 Å². The molecule has 96 valence electrons. The maximum atomic E-state index is 5.52. The molecule has 1 unspecified atom stereocenters. The van der Waals surface area contributed by atoms with Gasteiger partial charge >= 0.3 is 0 Å². The average molecular weight is 390 g/mol. The molecule has 2 rings (SSSR count). The highest BCUT2D eigenvalue weighted by Crippen LogP contribution is 2.38. The van der Waals surface area contributed by atoms with Crippen molar-refractivity contribution >= 4 is 43.2 Å². The number of aryl methyl sites for hydroxylation is 1. The van der Waals surface area contributed by atoms with Crippen LogP contribution in [0.1, 0.15) is 27.1 Å². The fourth-order valence-electron chi connectivity index (χ4n) is 1.70. The first-order valence-electron chi connectivity index (χ1n) is 5.74. The molecule has 0 aliphatic carbocycles. The Labute approximate surface area is 128 Å². The monoisotopic (exact) mass is 388 g/mol. The molecule has 0 N–H and O–H groups in total. The molecule has 18 heavy (non-hydrogen) atoms. The number of rotatable bonds is 4. The molecule has 0 aliphatic rings. The van der Waals surface area contributed by atoms with Crippen LogP contribution in [0.3, 0.4) is 0 Å². The molecule has 0 saturated carbocycles. The van der Waals surface area contributed by atoms with Crippen molar-refractivity contribution in [3.05, 3.63) is 50.1 Å². The number of thiophene rings is 1. The van der Waals surface area contributed by atoms with Gasteiger partial charge in [0.1, 0.15) is 5.75 Å². The second kappa shape index (κ2) is 6.22. The van der Waals surface area contributed by atoms with Gasteiger partial charge in [-0.2, -0.15) is 0 Å². The van der Waals surface area contributed by atoms with Crippen LogP contribution in [-0.4, -0.2) is 6.61 Å². The second-order valence-corrected chi connectivity index (χ2v) is 7.02. The summed E-state index contributed by atoms with van der Waals surface area (Å²) in [6.07, 6.45) is 0. The predicted octanol–water partition coefficient (Wildman–Crippen LogP) is 5.70. The molecule has 0 spiro atoms. The van der Waals surface area contributed by atoms with E-state index in [4.69, 9.17) is 4.74 Å². The van der Waals surface area contributed by atoms with E-state index >= 15 is 0 Å². The Kier molecular flexibility index (Phi) is 4.87. The summed E-state index contributed by atoms with van der Waals surface area (Å²) >= 11 is 9.12. The van der Waals surface area contributed by atoms with Gasteiger partial charge in [0.25, 0.3) is 0 Å². The summed E-state index contributed by atoms with van der Waals surface area (Å²) in [6.45, 7) is 4.80. The van der Waals surface area contributed by atoms with Crippen molar-refractivity contribution < 1.29 is 4.74 Å². The Balaban J connectivity index is 2.26. The fraction of sp³-hybridized carbons (Fsp3) is 0.286. The van der Waals surface area contributed by atoms with E-state index in [2.05, 4.69) is 63.0 Å². The van der Waals surface area contributed by atoms with Gasteiger partial charge in [-0.15, -0.1) is 11.3 Å². The first-order chi connectivity index (χ1) is 8.61. The topological polar surface area (TPSA) is 9.23 Å². The van der Waals surface area contributed by atoms with E-state index in [1.807, 2.05) is 24.3 Å². The van der Waals surface area contributed by atoms with Crippen LogP contribution in [0.25, 0.3) is 0 Å². The molecule has 0 saturated heterocycles. The zero-order chi connectivity index (χ0) is 13.1. The van der Waals surface area contributed by atoms with E-state index in [1.165, 1.54) is 15.3 Å². The van der Waals surface area contributed by atoms with Gasteiger partial charge in [-0.3, -0.25) is 0 Å². The van der Waals surface area contributed by atoms with Gasteiger partial charge in [-0.1, -0.05) is 22.0 Å². The first-order valence-corrected chi connectivity index (χ1v) is 8.27. The molecule has 1 aromatic heterocycles. The number of alkyl halides is 1. The smallest absolute Gasteiger partial charge is 0.133 e. The number of halogens is 2. The third-order valence-corrected chi connectivity index (χ3v) is 5.57. The molecule has 1 aromatic carbocycles. The summed E-state index contributed by atoms with van der Waals surface area (Å²) in [4.78, 5) is 2.89. The van der Waals surface area contributed by atoms with Crippen LogP contribution >= 0.6 is 43.2 Å². The minimum absolute atomic E-state index is 0.239. The molecular weight excluding hydrogens is 376 g/mol. The maximum absolute atomic E-state index is 5.52. The van der Waals surface area contributed by atoms with Gasteiger partial charge < -0.3 is 4.74 Å². The van der Waals surface area contributed by atoms with Crippen LogP contribution < -0.4 is 4.74 Å². The molecule has 0 bridgehead atoms. The number of benzene rings is 1. The summed E-state index contributed by atoms with van der Waals surface area (Å²) in [5, 5.41) is 0. The maximum Gasteiger partial charge on any atom is 0.133 e. The van der Waals surface area contributed by atoms with Gasteiger partial charge in [0.2, 0.25) is 0 Å². The van der Waals surface area contributed by atoms with Crippen LogP contribution in [0.2, 0.25) is 0 Å². The Hall–Kier alpha value is -0.320. The van der Waals surface area contributed by atoms with Gasteiger partial charge in [0.15, 0.2) is 0 Å². The highest BCUT2D eigenvalue weighted by molar-refractivity contribution is 9.10. The average Bonchev–Trinajstić information content (AvgIpc) is 2.78. The first kappa shape index (κ1) is 14.1. The molecule has 0 amide bonds. The quantitative estimate of drug-likeness (QED) is 0.609. The normalized spacial score (nSPS) is 12.4.